The quantitative estimate of drug-likeness (QED) is 0.567. The molecule has 5 heteroatoms. The van der Waals surface area contributed by atoms with Gasteiger partial charge in [0.2, 0.25) is 0 Å². The fraction of sp³-hybridized carbons (Fsp3) is 0.522. The lowest BCUT2D eigenvalue weighted by atomic mass is 10.2. The summed E-state index contributed by atoms with van der Waals surface area (Å²) >= 11 is 0. The van der Waals surface area contributed by atoms with Crippen molar-refractivity contribution in [3.8, 4) is 0 Å². The number of para-hydroxylation sites is 1. The van der Waals surface area contributed by atoms with E-state index in [1.165, 1.54) is 28.9 Å². The summed E-state index contributed by atoms with van der Waals surface area (Å²) in [6.45, 7) is 13.8. The third-order valence-corrected chi connectivity index (χ3v) is 11.1. The van der Waals surface area contributed by atoms with Crippen molar-refractivity contribution in [1.29, 1.82) is 0 Å². The van der Waals surface area contributed by atoms with Crippen LogP contribution in [0.15, 0.2) is 47.4 Å². The fourth-order valence-electron chi connectivity index (χ4n) is 3.94. The average Bonchev–Trinajstić information content (AvgIpc) is 2.67. The molecule has 2 heterocycles. The predicted octanol–water partition coefficient (Wildman–Crippen LogP) is 5.43. The monoisotopic (exact) mass is 413 g/mol. The molecule has 28 heavy (non-hydrogen) atoms. The Morgan fingerprint density at radius 2 is 1.93 bits per heavy atom. The molecule has 0 aliphatic carbocycles. The second-order valence-corrected chi connectivity index (χ2v) is 18.9. The molecule has 3 nitrogen and oxygen atoms in total. The number of hydrogen-bond acceptors (Lipinski definition) is 3. The molecule has 152 valence electrons. The molecule has 0 saturated carbocycles. The minimum Gasteiger partial charge on any atom is -0.353 e. The Bertz CT molecular complexity index is 815. The van der Waals surface area contributed by atoms with Crippen molar-refractivity contribution in [3.05, 3.63) is 47.4 Å². The first-order valence-corrected chi connectivity index (χ1v) is 17.1. The first-order chi connectivity index (χ1) is 13.3. The van der Waals surface area contributed by atoms with Crippen molar-refractivity contribution in [2.75, 3.05) is 13.2 Å². The van der Waals surface area contributed by atoms with Gasteiger partial charge in [0.15, 0.2) is 6.29 Å². The van der Waals surface area contributed by atoms with Crippen LogP contribution in [0.5, 0.6) is 0 Å². The summed E-state index contributed by atoms with van der Waals surface area (Å²) in [6.07, 6.45) is 6.35. The van der Waals surface area contributed by atoms with Crippen molar-refractivity contribution < 1.29 is 9.47 Å². The predicted molar refractivity (Wildman–Crippen MR) is 124 cm³/mol. The molecule has 2 aromatic rings. The highest BCUT2D eigenvalue weighted by molar-refractivity contribution is 6.97. The van der Waals surface area contributed by atoms with Crippen LogP contribution in [0.25, 0.3) is 10.9 Å². The summed E-state index contributed by atoms with van der Waals surface area (Å²) in [6, 6.07) is 10.8. The highest BCUT2D eigenvalue weighted by Gasteiger charge is 2.28. The largest absolute Gasteiger partial charge is 0.353 e. The van der Waals surface area contributed by atoms with Gasteiger partial charge in [-0.15, -0.1) is 0 Å². The number of nitrogens with zero attached hydrogens (tertiary/aromatic N) is 1. The Labute approximate surface area is 172 Å². The molecule has 0 bridgehead atoms. The van der Waals surface area contributed by atoms with E-state index in [1.807, 2.05) is 12.3 Å². The molecule has 3 rings (SSSR count). The lowest BCUT2D eigenvalue weighted by Crippen LogP contribution is -2.42. The van der Waals surface area contributed by atoms with E-state index in [0.717, 1.165) is 26.1 Å². The Morgan fingerprint density at radius 1 is 1.14 bits per heavy atom. The van der Waals surface area contributed by atoms with Crippen LogP contribution in [-0.2, 0) is 9.47 Å². The maximum atomic E-state index is 6.06. The molecule has 1 saturated heterocycles. The third-order valence-electron chi connectivity index (χ3n) is 5.64. The van der Waals surface area contributed by atoms with Crippen LogP contribution in [-0.4, -0.2) is 40.6 Å². The van der Waals surface area contributed by atoms with Crippen molar-refractivity contribution in [3.63, 3.8) is 0 Å². The molecular weight excluding hydrogens is 378 g/mol. The summed E-state index contributed by atoms with van der Waals surface area (Å²) in [4.78, 5) is 4.72. The number of pyridine rings is 1. The van der Waals surface area contributed by atoms with E-state index < -0.39 is 16.1 Å². The van der Waals surface area contributed by atoms with Crippen LogP contribution >= 0.6 is 0 Å². The number of aromatic nitrogens is 1. The zero-order valence-electron chi connectivity index (χ0n) is 18.1. The summed E-state index contributed by atoms with van der Waals surface area (Å²) in [5.74, 6) is 0. The highest BCUT2D eigenvalue weighted by Crippen LogP contribution is 2.24. The molecular formula is C23H35NO2Si2. The summed E-state index contributed by atoms with van der Waals surface area (Å²) in [5.41, 5.74) is 3.80. The van der Waals surface area contributed by atoms with Gasteiger partial charge in [-0.1, -0.05) is 67.9 Å². The lowest BCUT2D eigenvalue weighted by Gasteiger charge is -2.29. The summed E-state index contributed by atoms with van der Waals surface area (Å²) in [7, 11) is -3.21. The summed E-state index contributed by atoms with van der Waals surface area (Å²) < 4.78 is 11.8. The van der Waals surface area contributed by atoms with E-state index >= 15 is 0 Å². The van der Waals surface area contributed by atoms with Crippen LogP contribution in [0.4, 0.5) is 0 Å². The second-order valence-electron chi connectivity index (χ2n) is 9.44. The SMILES string of the molecule is C[Si](C)(C)/C(=C\[Si](C)(C)c1cccc2cccnc12)CCOC1CCCCO1. The van der Waals surface area contributed by atoms with Crippen LogP contribution < -0.4 is 5.19 Å². The van der Waals surface area contributed by atoms with Gasteiger partial charge in [0.1, 0.15) is 8.07 Å². The van der Waals surface area contributed by atoms with E-state index in [4.69, 9.17) is 14.5 Å². The normalized spacial score (nSPS) is 19.2. The van der Waals surface area contributed by atoms with Crippen LogP contribution in [0, 0.1) is 0 Å². The molecule has 0 amide bonds. The molecule has 0 spiro atoms. The third kappa shape index (κ3) is 5.41. The minimum atomic E-state index is -1.78. The van der Waals surface area contributed by atoms with Crippen molar-refractivity contribution in [1.82, 2.24) is 4.98 Å². The second kappa shape index (κ2) is 9.03. The van der Waals surface area contributed by atoms with Crippen molar-refractivity contribution in [2.45, 2.75) is 64.7 Å². The number of benzene rings is 1. The van der Waals surface area contributed by atoms with Gasteiger partial charge in [-0.25, -0.2) is 0 Å². The van der Waals surface area contributed by atoms with Gasteiger partial charge in [0.25, 0.3) is 0 Å². The van der Waals surface area contributed by atoms with E-state index in [-0.39, 0.29) is 6.29 Å². The van der Waals surface area contributed by atoms with Gasteiger partial charge in [-0.3, -0.25) is 4.98 Å². The maximum Gasteiger partial charge on any atom is 0.157 e. The fourth-order valence-corrected chi connectivity index (χ4v) is 10.1. The van der Waals surface area contributed by atoms with E-state index in [9.17, 15) is 0 Å². The van der Waals surface area contributed by atoms with Crippen molar-refractivity contribution >= 4 is 32.2 Å². The molecule has 0 radical (unpaired) electrons. The van der Waals surface area contributed by atoms with Crippen LogP contribution in [0.3, 0.4) is 0 Å². The smallest absolute Gasteiger partial charge is 0.157 e. The zero-order valence-corrected chi connectivity index (χ0v) is 20.1. The molecule has 1 aliphatic heterocycles. The molecule has 1 atom stereocenters. The summed E-state index contributed by atoms with van der Waals surface area (Å²) in [5, 5.41) is 4.28. The average molecular weight is 414 g/mol. The van der Waals surface area contributed by atoms with Crippen LogP contribution in [0.1, 0.15) is 25.7 Å². The molecule has 0 N–H and O–H groups in total. The van der Waals surface area contributed by atoms with Gasteiger partial charge < -0.3 is 9.47 Å². The molecule has 1 unspecified atom stereocenters. The van der Waals surface area contributed by atoms with Gasteiger partial charge >= 0.3 is 0 Å². The molecule has 1 aromatic carbocycles. The maximum absolute atomic E-state index is 6.06. The Morgan fingerprint density at radius 3 is 2.64 bits per heavy atom. The number of hydrogen-bond donors (Lipinski definition) is 0. The number of fused-ring (bicyclic) bond motifs is 1. The van der Waals surface area contributed by atoms with Crippen molar-refractivity contribution in [2.24, 2.45) is 0 Å². The van der Waals surface area contributed by atoms with E-state index in [1.54, 1.807) is 5.20 Å². The van der Waals surface area contributed by atoms with Gasteiger partial charge in [0, 0.05) is 18.2 Å². The lowest BCUT2D eigenvalue weighted by molar-refractivity contribution is -0.161. The first-order valence-electron chi connectivity index (χ1n) is 10.6. The van der Waals surface area contributed by atoms with E-state index in [0.29, 0.717) is 0 Å². The standard InChI is InChI=1S/C23H35NO2Si2/c1-27(2,3)20(14-17-26-22-13-6-7-16-25-22)18-28(4,5)21-12-8-10-19-11-9-15-24-23(19)21/h8-12,15,18,22H,6-7,13-14,16-17H2,1-5H3/b20-18-. The first kappa shape index (κ1) is 21.4. The highest BCUT2D eigenvalue weighted by atomic mass is 28.3. The Balaban J connectivity index is 1.81. The molecule has 1 fully saturated rings. The topological polar surface area (TPSA) is 31.4 Å². The van der Waals surface area contributed by atoms with Gasteiger partial charge in [-0.05, 0) is 36.9 Å². The molecule has 1 aromatic heterocycles. The minimum absolute atomic E-state index is 0.00385. The van der Waals surface area contributed by atoms with E-state index in [2.05, 4.69) is 62.7 Å². The zero-order chi connectivity index (χ0) is 20.2. The molecule has 1 aliphatic rings. The van der Waals surface area contributed by atoms with Gasteiger partial charge in [0.05, 0.1) is 20.2 Å². The van der Waals surface area contributed by atoms with Gasteiger partial charge in [-0.2, -0.15) is 0 Å². The number of rotatable bonds is 7. The Hall–Kier alpha value is -1.28. The van der Waals surface area contributed by atoms with Crippen LogP contribution in [0.2, 0.25) is 32.7 Å². The Kier molecular flexibility index (Phi) is 6.91. The number of ether oxygens (including phenoxy) is 2.